The van der Waals surface area contributed by atoms with Crippen molar-refractivity contribution >= 4 is 52.4 Å². The van der Waals surface area contributed by atoms with Crippen LogP contribution in [0, 0.1) is 0 Å². The maximum Gasteiger partial charge on any atom is 0.314 e. The van der Waals surface area contributed by atoms with Gasteiger partial charge in [-0.2, -0.15) is 33.7 Å². The quantitative estimate of drug-likeness (QED) is 0.160. The number of hydrogen-bond acceptors (Lipinski definition) is 14. The fourth-order valence-electron chi connectivity index (χ4n) is 2.07. The van der Waals surface area contributed by atoms with E-state index in [1.165, 1.54) is 12.8 Å². The van der Waals surface area contributed by atoms with Crippen LogP contribution in [0.15, 0.2) is 0 Å². The normalized spacial score (nSPS) is 21.6. The predicted molar refractivity (Wildman–Crippen MR) is 117 cm³/mol. The molecule has 0 radical (unpaired) electrons. The van der Waals surface area contributed by atoms with Crippen LogP contribution >= 0.6 is 0 Å². The van der Waals surface area contributed by atoms with Crippen molar-refractivity contribution in [3.8, 4) is 0 Å². The summed E-state index contributed by atoms with van der Waals surface area (Å²) >= 11 is 0. The Bertz CT molecular complexity index is 1020. The minimum Gasteiger partial charge on any atom is -0.393 e. The highest BCUT2D eigenvalue weighted by molar-refractivity contribution is 8.03. The van der Waals surface area contributed by atoms with E-state index in [0.29, 0.717) is 6.10 Å². The van der Waals surface area contributed by atoms with Crippen LogP contribution < -0.4 is 0 Å². The second-order valence-corrected chi connectivity index (χ2v) is 13.8. The van der Waals surface area contributed by atoms with Gasteiger partial charge < -0.3 is 9.47 Å². The molecule has 2 fully saturated rings. The van der Waals surface area contributed by atoms with Crippen molar-refractivity contribution in [1.29, 1.82) is 0 Å². The topological polar surface area (TPSA) is 248 Å². The Hall–Kier alpha value is -1.26. The van der Waals surface area contributed by atoms with Gasteiger partial charge in [0.1, 0.15) is 0 Å². The molecule has 1 unspecified atom stereocenters. The van der Waals surface area contributed by atoms with Gasteiger partial charge in [0.25, 0.3) is 40.5 Å². The number of esters is 2. The Kier molecular flexibility index (Phi) is 14.6. The maximum atomic E-state index is 10.8. The molecule has 0 aromatic carbocycles. The van der Waals surface area contributed by atoms with Gasteiger partial charge in [-0.15, -0.1) is 0 Å². The molecule has 1 atom stereocenters. The first-order valence-electron chi connectivity index (χ1n) is 9.80. The molecule has 35 heavy (non-hydrogen) atoms. The molecule has 208 valence electrons. The van der Waals surface area contributed by atoms with Gasteiger partial charge in [-0.25, -0.2) is 0 Å². The van der Waals surface area contributed by atoms with Crippen LogP contribution in [0.2, 0.25) is 0 Å². The summed E-state index contributed by atoms with van der Waals surface area (Å²) in [5.41, 5.74) is 0. The highest BCUT2D eigenvalue weighted by Crippen LogP contribution is 2.09. The third-order valence-electron chi connectivity index (χ3n) is 3.62. The lowest BCUT2D eigenvalue weighted by atomic mass is 10.3. The summed E-state index contributed by atoms with van der Waals surface area (Å²) in [5, 5.41) is -1.10. The molecule has 0 saturated carbocycles. The van der Waals surface area contributed by atoms with Gasteiger partial charge in [-0.05, 0) is 26.2 Å². The van der Waals surface area contributed by atoms with Gasteiger partial charge in [0.15, 0.2) is 0 Å². The van der Waals surface area contributed by atoms with Gasteiger partial charge >= 0.3 is 11.9 Å². The van der Waals surface area contributed by atoms with Crippen molar-refractivity contribution in [2.75, 3.05) is 36.4 Å². The molecule has 16 nitrogen and oxygen atoms in total. The molecule has 2 aliphatic heterocycles. The zero-order chi connectivity index (χ0) is 27.3. The third-order valence-corrected chi connectivity index (χ3v) is 8.42. The number of carbonyl (C=O) groups excluding carboxylic acids is 2. The molecule has 0 spiro atoms. The summed E-state index contributed by atoms with van der Waals surface area (Å²) in [7, 11) is -16.6. The van der Waals surface area contributed by atoms with E-state index in [-0.39, 0.29) is 19.6 Å². The summed E-state index contributed by atoms with van der Waals surface area (Å²) in [5.74, 6) is -4.25. The average molecular weight is 593 g/mol. The second kappa shape index (κ2) is 15.1. The molecule has 0 aliphatic carbocycles. The monoisotopic (exact) mass is 592 g/mol. The molecule has 0 bridgehead atoms. The number of carbonyl (C=O) groups is 2. The van der Waals surface area contributed by atoms with Crippen molar-refractivity contribution in [1.82, 2.24) is 0 Å². The van der Waals surface area contributed by atoms with E-state index in [1.54, 1.807) is 0 Å². The molecular weight excluding hydrogens is 564 g/mol. The predicted octanol–water partition coefficient (Wildman–Crippen LogP) is -1.16. The SMILES string of the molecule is CC1CCCO1.O=C(CCS(=O)(=O)O)OC(=O)CCS(=O)(=O)O.O=S1(=O)CS(=O)(=O)OCCCO1. The molecule has 2 heterocycles. The molecule has 2 rings (SSSR count). The van der Waals surface area contributed by atoms with Crippen LogP contribution in [0.1, 0.15) is 39.0 Å². The number of ether oxygens (including phenoxy) is 2. The first-order valence-corrected chi connectivity index (χ1v) is 16.2. The van der Waals surface area contributed by atoms with Crippen molar-refractivity contribution in [2.24, 2.45) is 0 Å². The van der Waals surface area contributed by atoms with Gasteiger partial charge in [-0.3, -0.25) is 27.1 Å². The van der Waals surface area contributed by atoms with Crippen LogP contribution in [-0.4, -0.2) is 97.2 Å². The van der Waals surface area contributed by atoms with Crippen LogP contribution in [0.25, 0.3) is 0 Å². The standard InChI is InChI=1S/C6H10O9S2.C5H10O.C4H8O6S2/c7-5(1-3-16(9,10)11)15-6(8)2-4-17(12,13)14;1-5-3-2-4-6-5;5-11(6)4-12(7,8)10-3-1-2-9-11/h1-4H2,(H,9,10,11)(H,12,13,14);5H,2-4H2,1H3;1-4H2. The minimum atomic E-state index is -4.34. The Balaban J connectivity index is 0.000000550. The Morgan fingerprint density at radius 1 is 0.829 bits per heavy atom. The summed E-state index contributed by atoms with van der Waals surface area (Å²) in [6, 6.07) is 0. The van der Waals surface area contributed by atoms with Crippen molar-refractivity contribution in [3.05, 3.63) is 0 Å². The van der Waals surface area contributed by atoms with Crippen LogP contribution in [0.5, 0.6) is 0 Å². The molecule has 2 aliphatic rings. The van der Waals surface area contributed by atoms with Gasteiger partial charge in [-0.1, -0.05) is 0 Å². The Morgan fingerprint density at radius 2 is 1.26 bits per heavy atom. The molecule has 0 aromatic heterocycles. The molecule has 2 N–H and O–H groups in total. The Morgan fingerprint density at radius 3 is 1.54 bits per heavy atom. The van der Waals surface area contributed by atoms with E-state index in [4.69, 9.17) is 13.8 Å². The van der Waals surface area contributed by atoms with E-state index in [1.807, 2.05) is 0 Å². The average Bonchev–Trinajstić information content (AvgIpc) is 3.13. The zero-order valence-corrected chi connectivity index (χ0v) is 21.9. The second-order valence-electron chi connectivity index (χ2n) is 6.97. The van der Waals surface area contributed by atoms with Gasteiger partial charge in [0, 0.05) is 6.61 Å². The highest BCUT2D eigenvalue weighted by Gasteiger charge is 2.25. The summed E-state index contributed by atoms with van der Waals surface area (Å²) in [4.78, 5) is 21.6. The van der Waals surface area contributed by atoms with E-state index < -0.39 is 81.8 Å². The van der Waals surface area contributed by atoms with E-state index in [9.17, 15) is 43.3 Å². The zero-order valence-electron chi connectivity index (χ0n) is 18.6. The van der Waals surface area contributed by atoms with E-state index in [0.717, 1.165) is 6.61 Å². The van der Waals surface area contributed by atoms with Crippen LogP contribution in [-0.2, 0) is 67.9 Å². The third kappa shape index (κ3) is 21.7. The summed E-state index contributed by atoms with van der Waals surface area (Å²) in [6.07, 6.45) is 1.84. The lowest BCUT2D eigenvalue weighted by molar-refractivity contribution is -0.159. The van der Waals surface area contributed by atoms with Crippen LogP contribution in [0.3, 0.4) is 0 Å². The molecule has 2 saturated heterocycles. The van der Waals surface area contributed by atoms with Crippen molar-refractivity contribution in [3.63, 3.8) is 0 Å². The van der Waals surface area contributed by atoms with Crippen LogP contribution in [0.4, 0.5) is 0 Å². The fraction of sp³-hybridized carbons (Fsp3) is 0.867. The fourth-order valence-corrected chi connectivity index (χ4v) is 5.62. The minimum absolute atomic E-state index is 0.0299. The molecule has 0 amide bonds. The van der Waals surface area contributed by atoms with Gasteiger partial charge in [0.2, 0.25) is 5.08 Å². The Labute approximate surface area is 204 Å². The molecule has 0 aromatic rings. The lowest BCUT2D eigenvalue weighted by Gasteiger charge is -2.10. The molecular formula is C15H28O16S4. The van der Waals surface area contributed by atoms with Crippen molar-refractivity contribution < 1.29 is 70.2 Å². The first kappa shape index (κ1) is 33.7. The number of hydrogen-bond donors (Lipinski definition) is 2. The maximum absolute atomic E-state index is 10.8. The molecule has 20 heteroatoms. The van der Waals surface area contributed by atoms with Gasteiger partial charge in [0.05, 0.1) is 43.7 Å². The highest BCUT2D eigenvalue weighted by atomic mass is 32.3. The summed E-state index contributed by atoms with van der Waals surface area (Å²) in [6.45, 7) is 3.05. The van der Waals surface area contributed by atoms with E-state index >= 15 is 0 Å². The first-order chi connectivity index (χ1) is 15.8. The lowest BCUT2D eigenvalue weighted by Crippen LogP contribution is -2.24. The smallest absolute Gasteiger partial charge is 0.314 e. The summed E-state index contributed by atoms with van der Waals surface area (Å²) < 4.78 is 118. The van der Waals surface area contributed by atoms with E-state index in [2.05, 4.69) is 20.0 Å². The largest absolute Gasteiger partial charge is 0.393 e. The number of rotatable bonds is 6. The van der Waals surface area contributed by atoms with Crippen molar-refractivity contribution in [2.45, 2.75) is 45.1 Å².